The summed E-state index contributed by atoms with van der Waals surface area (Å²) >= 11 is 1.62. The van der Waals surface area contributed by atoms with Gasteiger partial charge in [-0.05, 0) is 19.5 Å². The van der Waals surface area contributed by atoms with E-state index in [9.17, 15) is 9.59 Å². The number of aryl methyl sites for hydroxylation is 1. The van der Waals surface area contributed by atoms with Crippen LogP contribution >= 0.6 is 11.3 Å². The van der Waals surface area contributed by atoms with Gasteiger partial charge in [-0.15, -0.1) is 11.3 Å². The number of amides is 2. The summed E-state index contributed by atoms with van der Waals surface area (Å²) in [5, 5.41) is 1.01. The van der Waals surface area contributed by atoms with Crippen molar-refractivity contribution in [1.29, 1.82) is 0 Å². The molecule has 0 saturated carbocycles. The molecular formula is C17H19N3O2S. The quantitative estimate of drug-likeness (QED) is 0.789. The van der Waals surface area contributed by atoms with Crippen LogP contribution in [-0.2, 0) is 22.7 Å². The predicted octanol–water partition coefficient (Wildman–Crippen LogP) is 2.21. The standard InChI is InChI=1S/C17H19N3O2S/c1-12-18-9-14(23-12)11-19(2)15-8-16(21)20(17(15)22)10-13-6-4-3-5-7-13/h3-7,9,15H,8,10-11H2,1-2H3. The van der Waals surface area contributed by atoms with E-state index in [0.29, 0.717) is 13.1 Å². The number of hydrogen-bond donors (Lipinski definition) is 0. The van der Waals surface area contributed by atoms with E-state index in [0.717, 1.165) is 15.4 Å². The molecule has 0 radical (unpaired) electrons. The van der Waals surface area contributed by atoms with Gasteiger partial charge in [0.2, 0.25) is 11.8 Å². The number of aromatic nitrogens is 1. The number of rotatable bonds is 5. The molecule has 1 aromatic heterocycles. The Balaban J connectivity index is 1.68. The molecule has 2 amide bonds. The molecule has 120 valence electrons. The maximum Gasteiger partial charge on any atom is 0.247 e. The first-order valence-electron chi connectivity index (χ1n) is 7.54. The summed E-state index contributed by atoms with van der Waals surface area (Å²) in [6.07, 6.45) is 2.08. The number of likely N-dealkylation sites (N-methyl/N-ethyl adjacent to an activating group) is 1. The number of carbonyl (C=O) groups excluding carboxylic acids is 2. The van der Waals surface area contributed by atoms with Crippen LogP contribution in [0.3, 0.4) is 0 Å². The van der Waals surface area contributed by atoms with Crippen molar-refractivity contribution in [3.05, 3.63) is 52.0 Å². The van der Waals surface area contributed by atoms with Gasteiger partial charge in [-0.2, -0.15) is 0 Å². The van der Waals surface area contributed by atoms with E-state index in [4.69, 9.17) is 0 Å². The highest BCUT2D eigenvalue weighted by Gasteiger charge is 2.40. The van der Waals surface area contributed by atoms with Crippen LogP contribution < -0.4 is 0 Å². The van der Waals surface area contributed by atoms with Crippen molar-refractivity contribution in [3.63, 3.8) is 0 Å². The molecular weight excluding hydrogens is 310 g/mol. The number of nitrogens with zero attached hydrogens (tertiary/aromatic N) is 3. The van der Waals surface area contributed by atoms with Gasteiger partial charge in [-0.3, -0.25) is 19.4 Å². The van der Waals surface area contributed by atoms with Gasteiger partial charge in [0.1, 0.15) is 0 Å². The van der Waals surface area contributed by atoms with Gasteiger partial charge in [0.15, 0.2) is 0 Å². The molecule has 1 aromatic carbocycles. The summed E-state index contributed by atoms with van der Waals surface area (Å²) in [4.78, 5) is 33.5. The van der Waals surface area contributed by atoms with Gasteiger partial charge in [0.25, 0.3) is 0 Å². The van der Waals surface area contributed by atoms with E-state index >= 15 is 0 Å². The molecule has 5 nitrogen and oxygen atoms in total. The summed E-state index contributed by atoms with van der Waals surface area (Å²) in [5.41, 5.74) is 0.968. The second-order valence-corrected chi connectivity index (χ2v) is 7.10. The Morgan fingerprint density at radius 1 is 1.30 bits per heavy atom. The van der Waals surface area contributed by atoms with Crippen LogP contribution in [0.1, 0.15) is 21.9 Å². The Morgan fingerprint density at radius 3 is 2.70 bits per heavy atom. The third kappa shape index (κ3) is 3.48. The second-order valence-electron chi connectivity index (χ2n) is 5.78. The van der Waals surface area contributed by atoms with Crippen LogP contribution in [0.4, 0.5) is 0 Å². The lowest BCUT2D eigenvalue weighted by Crippen LogP contribution is -2.39. The number of hydrogen-bond acceptors (Lipinski definition) is 5. The topological polar surface area (TPSA) is 53.5 Å². The molecule has 0 N–H and O–H groups in total. The normalized spacial score (nSPS) is 18.2. The van der Waals surface area contributed by atoms with Crippen LogP contribution in [0.15, 0.2) is 36.5 Å². The minimum Gasteiger partial charge on any atom is -0.289 e. The maximum absolute atomic E-state index is 12.6. The van der Waals surface area contributed by atoms with Crippen molar-refractivity contribution in [3.8, 4) is 0 Å². The first kappa shape index (κ1) is 15.8. The largest absolute Gasteiger partial charge is 0.289 e. The molecule has 0 aliphatic carbocycles. The molecule has 3 rings (SSSR count). The molecule has 1 fully saturated rings. The van der Waals surface area contributed by atoms with Gasteiger partial charge < -0.3 is 0 Å². The van der Waals surface area contributed by atoms with E-state index in [2.05, 4.69) is 4.98 Å². The lowest BCUT2D eigenvalue weighted by Gasteiger charge is -2.22. The van der Waals surface area contributed by atoms with Gasteiger partial charge in [0, 0.05) is 17.6 Å². The number of imide groups is 1. The number of carbonyl (C=O) groups is 2. The molecule has 6 heteroatoms. The number of benzene rings is 1. The Bertz CT molecular complexity index is 714. The fourth-order valence-electron chi connectivity index (χ4n) is 2.78. The van der Waals surface area contributed by atoms with E-state index in [1.54, 1.807) is 11.3 Å². The first-order valence-corrected chi connectivity index (χ1v) is 8.36. The molecule has 1 saturated heterocycles. The van der Waals surface area contributed by atoms with Crippen molar-refractivity contribution < 1.29 is 9.59 Å². The zero-order valence-corrected chi connectivity index (χ0v) is 14.0. The highest BCUT2D eigenvalue weighted by atomic mass is 32.1. The summed E-state index contributed by atoms with van der Waals surface area (Å²) in [7, 11) is 1.89. The molecule has 0 bridgehead atoms. The SMILES string of the molecule is Cc1ncc(CN(C)C2CC(=O)N(Cc3ccccc3)C2=O)s1. The fraction of sp³-hybridized carbons (Fsp3) is 0.353. The molecule has 1 aliphatic rings. The Labute approximate surface area is 139 Å². The van der Waals surface area contributed by atoms with E-state index in [-0.39, 0.29) is 24.3 Å². The lowest BCUT2D eigenvalue weighted by molar-refractivity contribution is -0.140. The summed E-state index contributed by atoms with van der Waals surface area (Å²) < 4.78 is 0. The Hall–Kier alpha value is -2.05. The fourth-order valence-corrected chi connectivity index (χ4v) is 3.64. The van der Waals surface area contributed by atoms with Crippen LogP contribution in [0.5, 0.6) is 0 Å². The van der Waals surface area contributed by atoms with Crippen molar-refractivity contribution >= 4 is 23.2 Å². The van der Waals surface area contributed by atoms with Crippen LogP contribution in [-0.4, -0.2) is 39.7 Å². The van der Waals surface area contributed by atoms with Crippen LogP contribution in [0.25, 0.3) is 0 Å². The average Bonchev–Trinajstić information content (AvgIpc) is 3.06. The van der Waals surface area contributed by atoms with Crippen molar-refractivity contribution in [1.82, 2.24) is 14.8 Å². The summed E-state index contributed by atoms with van der Waals surface area (Å²) in [6, 6.07) is 9.22. The Morgan fingerprint density at radius 2 is 2.04 bits per heavy atom. The smallest absolute Gasteiger partial charge is 0.247 e. The minimum absolute atomic E-state index is 0.101. The molecule has 1 aliphatic heterocycles. The molecule has 2 heterocycles. The molecule has 1 unspecified atom stereocenters. The van der Waals surface area contributed by atoms with Crippen LogP contribution in [0.2, 0.25) is 0 Å². The van der Waals surface area contributed by atoms with Gasteiger partial charge in [-0.1, -0.05) is 30.3 Å². The molecule has 2 aromatic rings. The maximum atomic E-state index is 12.6. The average molecular weight is 329 g/mol. The monoisotopic (exact) mass is 329 g/mol. The highest BCUT2D eigenvalue weighted by molar-refractivity contribution is 7.11. The predicted molar refractivity (Wildman–Crippen MR) is 88.7 cm³/mol. The molecule has 1 atom stereocenters. The van der Waals surface area contributed by atoms with Crippen molar-refractivity contribution in [2.75, 3.05) is 7.05 Å². The molecule has 0 spiro atoms. The van der Waals surface area contributed by atoms with Gasteiger partial charge in [-0.25, -0.2) is 4.98 Å². The number of likely N-dealkylation sites (tertiary alicyclic amines) is 1. The van der Waals surface area contributed by atoms with E-state index in [1.807, 2.05) is 55.4 Å². The number of thiazole rings is 1. The Kier molecular flexibility index (Phi) is 4.54. The molecule has 23 heavy (non-hydrogen) atoms. The van der Waals surface area contributed by atoms with Crippen LogP contribution in [0, 0.1) is 6.92 Å². The zero-order valence-electron chi connectivity index (χ0n) is 13.2. The van der Waals surface area contributed by atoms with Gasteiger partial charge in [0.05, 0.1) is 24.0 Å². The highest BCUT2D eigenvalue weighted by Crippen LogP contribution is 2.23. The summed E-state index contributed by atoms with van der Waals surface area (Å²) in [5.74, 6) is -0.209. The minimum atomic E-state index is -0.381. The van der Waals surface area contributed by atoms with E-state index < -0.39 is 0 Å². The summed E-state index contributed by atoms with van der Waals surface area (Å²) in [6.45, 7) is 2.94. The zero-order chi connectivity index (χ0) is 16.4. The van der Waals surface area contributed by atoms with Crippen molar-refractivity contribution in [2.24, 2.45) is 0 Å². The van der Waals surface area contributed by atoms with E-state index in [1.165, 1.54) is 4.90 Å². The van der Waals surface area contributed by atoms with Gasteiger partial charge >= 0.3 is 0 Å². The lowest BCUT2D eigenvalue weighted by atomic mass is 10.2. The first-order chi connectivity index (χ1) is 11.0. The second kappa shape index (κ2) is 6.60. The third-order valence-electron chi connectivity index (χ3n) is 4.01. The van der Waals surface area contributed by atoms with Crippen molar-refractivity contribution in [2.45, 2.75) is 32.5 Å². The third-order valence-corrected chi connectivity index (χ3v) is 4.91.